The van der Waals surface area contributed by atoms with Crippen LogP contribution < -0.4 is 15.0 Å². The van der Waals surface area contributed by atoms with Crippen molar-refractivity contribution in [2.24, 2.45) is 5.10 Å². The molecule has 35 heavy (non-hydrogen) atoms. The lowest BCUT2D eigenvalue weighted by molar-refractivity contribution is 0.311. The van der Waals surface area contributed by atoms with Gasteiger partial charge in [0.1, 0.15) is 5.58 Å². The van der Waals surface area contributed by atoms with E-state index in [0.29, 0.717) is 56.0 Å². The number of benzene rings is 3. The molecule has 0 amide bonds. The lowest BCUT2D eigenvalue weighted by atomic mass is 10.2. The number of hydrogen-bond acceptors (Lipinski definition) is 6. The fourth-order valence-electron chi connectivity index (χ4n) is 3.76. The Morgan fingerprint density at radius 2 is 1.94 bits per heavy atom. The fraction of sp³-hybridized carbons (Fsp3) is 0.115. The summed E-state index contributed by atoms with van der Waals surface area (Å²) < 4.78 is 18.2. The predicted molar refractivity (Wildman–Crippen MR) is 138 cm³/mol. The first-order valence-electron chi connectivity index (χ1n) is 10.7. The van der Waals surface area contributed by atoms with Crippen molar-refractivity contribution in [3.05, 3.63) is 86.6 Å². The van der Waals surface area contributed by atoms with Gasteiger partial charge in [-0.1, -0.05) is 35.3 Å². The third-order valence-electron chi connectivity index (χ3n) is 5.31. The minimum Gasteiger partial charge on any atom is -0.491 e. The molecule has 0 unspecified atom stereocenters. The molecule has 0 bridgehead atoms. The standard InChI is InChI=1S/C26H19Cl2N3O4/c1-3-34-22-11-15(10-19(28)24(22)33-2)14-29-31-25(30-20-7-5-4-6-18(20)26(31)32)23-13-16-12-17(27)8-9-21(16)35-23/h4-14H,3H2,1-2H3. The van der Waals surface area contributed by atoms with Crippen LogP contribution in [-0.2, 0) is 0 Å². The second-order valence-corrected chi connectivity index (χ2v) is 8.42. The van der Waals surface area contributed by atoms with Crippen LogP contribution in [0.15, 0.2) is 75.0 Å². The van der Waals surface area contributed by atoms with E-state index in [1.54, 1.807) is 54.6 Å². The summed E-state index contributed by atoms with van der Waals surface area (Å²) in [5.74, 6) is 1.53. The number of fused-ring (bicyclic) bond motifs is 2. The lowest BCUT2D eigenvalue weighted by Gasteiger charge is -2.12. The Morgan fingerprint density at radius 1 is 1.11 bits per heavy atom. The number of halogens is 2. The Labute approximate surface area is 210 Å². The Hall–Kier alpha value is -3.81. The van der Waals surface area contributed by atoms with Gasteiger partial charge in [0.2, 0.25) is 5.82 Å². The Morgan fingerprint density at radius 3 is 2.74 bits per heavy atom. The molecule has 7 nitrogen and oxygen atoms in total. The quantitative estimate of drug-likeness (QED) is 0.248. The van der Waals surface area contributed by atoms with Crippen molar-refractivity contribution in [3.63, 3.8) is 0 Å². The minimum atomic E-state index is -0.343. The number of nitrogens with zero attached hydrogens (tertiary/aromatic N) is 3. The second-order valence-electron chi connectivity index (χ2n) is 7.57. The highest BCUT2D eigenvalue weighted by molar-refractivity contribution is 6.32. The van der Waals surface area contributed by atoms with Gasteiger partial charge in [-0.05, 0) is 61.0 Å². The number of aromatic nitrogens is 2. The molecule has 5 rings (SSSR count). The summed E-state index contributed by atoms with van der Waals surface area (Å²) in [5, 5.41) is 6.61. The molecule has 5 aromatic rings. The van der Waals surface area contributed by atoms with Crippen LogP contribution in [0.4, 0.5) is 0 Å². The number of methoxy groups -OCH3 is 1. The van der Waals surface area contributed by atoms with Gasteiger partial charge in [-0.3, -0.25) is 4.79 Å². The van der Waals surface area contributed by atoms with E-state index in [1.165, 1.54) is 18.0 Å². The molecule has 0 N–H and O–H groups in total. The molecule has 3 aromatic carbocycles. The molecule has 9 heteroatoms. The SMILES string of the molecule is CCOc1cc(C=Nn2c(-c3cc4cc(Cl)ccc4o3)nc3ccccc3c2=O)cc(Cl)c1OC. The van der Waals surface area contributed by atoms with Crippen LogP contribution >= 0.6 is 23.2 Å². The van der Waals surface area contributed by atoms with Gasteiger partial charge < -0.3 is 13.9 Å². The van der Waals surface area contributed by atoms with Crippen molar-refractivity contribution < 1.29 is 13.9 Å². The van der Waals surface area contributed by atoms with Crippen molar-refractivity contribution in [3.8, 4) is 23.1 Å². The molecule has 0 radical (unpaired) electrons. The van der Waals surface area contributed by atoms with E-state index in [2.05, 4.69) is 10.1 Å². The molecule has 0 spiro atoms. The Kier molecular flexibility index (Phi) is 6.19. The van der Waals surface area contributed by atoms with E-state index >= 15 is 0 Å². The van der Waals surface area contributed by atoms with Crippen LogP contribution in [0.3, 0.4) is 0 Å². The van der Waals surface area contributed by atoms with Crippen LogP contribution in [-0.4, -0.2) is 29.6 Å². The zero-order valence-corrected chi connectivity index (χ0v) is 20.3. The summed E-state index contributed by atoms with van der Waals surface area (Å²) in [5.41, 5.74) is 1.42. The maximum absolute atomic E-state index is 13.4. The molecule has 0 atom stereocenters. The molecule has 0 saturated carbocycles. The van der Waals surface area contributed by atoms with E-state index in [1.807, 2.05) is 13.0 Å². The third-order valence-corrected chi connectivity index (χ3v) is 5.83. The van der Waals surface area contributed by atoms with Crippen LogP contribution in [0.25, 0.3) is 33.5 Å². The molecule has 176 valence electrons. The Balaban J connectivity index is 1.69. The maximum atomic E-state index is 13.4. The smallest absolute Gasteiger partial charge is 0.282 e. The summed E-state index contributed by atoms with van der Waals surface area (Å²) >= 11 is 12.5. The van der Waals surface area contributed by atoms with Gasteiger partial charge in [-0.2, -0.15) is 9.78 Å². The van der Waals surface area contributed by atoms with Gasteiger partial charge in [-0.25, -0.2) is 4.98 Å². The first-order chi connectivity index (χ1) is 17.0. The van der Waals surface area contributed by atoms with Crippen LogP contribution in [0.2, 0.25) is 10.0 Å². The van der Waals surface area contributed by atoms with E-state index in [0.717, 1.165) is 5.39 Å². The number of hydrogen-bond donors (Lipinski definition) is 0. The van der Waals surface area contributed by atoms with Gasteiger partial charge in [0, 0.05) is 10.4 Å². The largest absolute Gasteiger partial charge is 0.491 e. The summed E-state index contributed by atoms with van der Waals surface area (Å²) in [6.45, 7) is 2.29. The maximum Gasteiger partial charge on any atom is 0.282 e. The third kappa shape index (κ3) is 4.36. The molecular formula is C26H19Cl2N3O4. The molecule has 2 aromatic heterocycles. The minimum absolute atomic E-state index is 0.252. The average molecular weight is 508 g/mol. The van der Waals surface area contributed by atoms with Gasteiger partial charge in [0.05, 0.1) is 35.9 Å². The highest BCUT2D eigenvalue weighted by Gasteiger charge is 2.17. The lowest BCUT2D eigenvalue weighted by Crippen LogP contribution is -2.20. The fourth-order valence-corrected chi connectivity index (χ4v) is 4.24. The molecule has 0 aliphatic heterocycles. The number of para-hydroxylation sites is 1. The van der Waals surface area contributed by atoms with Crippen molar-refractivity contribution in [1.29, 1.82) is 0 Å². The van der Waals surface area contributed by atoms with E-state index < -0.39 is 0 Å². The molecule has 2 heterocycles. The van der Waals surface area contributed by atoms with Gasteiger partial charge in [-0.15, -0.1) is 0 Å². The molecule has 0 saturated heterocycles. The summed E-state index contributed by atoms with van der Waals surface area (Å²) in [4.78, 5) is 18.1. The topological polar surface area (TPSA) is 78.9 Å². The first kappa shape index (κ1) is 23.0. The van der Waals surface area contributed by atoms with Crippen molar-refractivity contribution in [1.82, 2.24) is 9.66 Å². The second kappa shape index (κ2) is 9.44. The first-order valence-corrected chi connectivity index (χ1v) is 11.5. The number of ether oxygens (including phenoxy) is 2. The molecular weight excluding hydrogens is 489 g/mol. The van der Waals surface area contributed by atoms with Crippen molar-refractivity contribution >= 4 is 51.3 Å². The van der Waals surface area contributed by atoms with Gasteiger partial charge >= 0.3 is 0 Å². The van der Waals surface area contributed by atoms with Crippen LogP contribution in [0.5, 0.6) is 11.5 Å². The highest BCUT2D eigenvalue weighted by atomic mass is 35.5. The molecule has 0 aliphatic carbocycles. The molecule has 0 aliphatic rings. The Bertz CT molecular complexity index is 1660. The van der Waals surface area contributed by atoms with E-state index in [4.69, 9.17) is 37.1 Å². The van der Waals surface area contributed by atoms with Crippen LogP contribution in [0.1, 0.15) is 12.5 Å². The van der Waals surface area contributed by atoms with Gasteiger partial charge in [0.15, 0.2) is 17.3 Å². The van der Waals surface area contributed by atoms with Crippen molar-refractivity contribution in [2.45, 2.75) is 6.92 Å². The van der Waals surface area contributed by atoms with E-state index in [9.17, 15) is 4.79 Å². The molecule has 0 fully saturated rings. The summed E-state index contributed by atoms with van der Waals surface area (Å²) in [6.07, 6.45) is 1.51. The summed E-state index contributed by atoms with van der Waals surface area (Å²) in [7, 11) is 1.52. The predicted octanol–water partition coefficient (Wildman–Crippen LogP) is 6.41. The average Bonchev–Trinajstić information content (AvgIpc) is 3.26. The monoisotopic (exact) mass is 507 g/mol. The van der Waals surface area contributed by atoms with E-state index in [-0.39, 0.29) is 11.4 Å². The van der Waals surface area contributed by atoms with Gasteiger partial charge in [0.25, 0.3) is 5.56 Å². The summed E-state index contributed by atoms with van der Waals surface area (Å²) in [6, 6.07) is 17.5. The zero-order chi connectivity index (χ0) is 24.5. The number of rotatable bonds is 6. The number of furan rings is 1. The normalized spacial score (nSPS) is 11.5. The highest BCUT2D eigenvalue weighted by Crippen LogP contribution is 2.36. The van der Waals surface area contributed by atoms with Crippen molar-refractivity contribution in [2.75, 3.05) is 13.7 Å². The zero-order valence-electron chi connectivity index (χ0n) is 18.8. The van der Waals surface area contributed by atoms with Crippen LogP contribution in [0, 0.1) is 0 Å².